The molecule has 1 heterocycles. The molecular weight excluding hydrogens is 297 g/mol. The molecule has 3 rings (SSSR count). The second kappa shape index (κ2) is 6.89. The van der Waals surface area contributed by atoms with Gasteiger partial charge in [0.05, 0.1) is 11.6 Å². The number of hydrogen-bond acceptors (Lipinski definition) is 4. The van der Waals surface area contributed by atoms with Crippen molar-refractivity contribution in [1.82, 2.24) is 5.06 Å². The largest absolute Gasteiger partial charge is 0.459 e. The molecule has 2 aromatic carbocycles. The van der Waals surface area contributed by atoms with Gasteiger partial charge < -0.3 is 4.74 Å². The minimum atomic E-state index is -0.473. The van der Waals surface area contributed by atoms with Crippen LogP contribution in [-0.4, -0.2) is 30.8 Å². The molecule has 0 N–H and O–H groups in total. The zero-order chi connectivity index (χ0) is 16.2. The number of hydroxylamine groups is 2. The summed E-state index contributed by atoms with van der Waals surface area (Å²) in [5, 5.41) is 1.80. The van der Waals surface area contributed by atoms with Crippen molar-refractivity contribution < 1.29 is 18.8 Å². The van der Waals surface area contributed by atoms with Crippen LogP contribution in [0.3, 0.4) is 0 Å². The Morgan fingerprint density at radius 2 is 1.91 bits per heavy atom. The van der Waals surface area contributed by atoms with Crippen molar-refractivity contribution in [2.24, 2.45) is 0 Å². The average molecular weight is 315 g/mol. The third-order valence-corrected chi connectivity index (χ3v) is 3.90. The highest BCUT2D eigenvalue weighted by molar-refractivity contribution is 5.89. The quantitative estimate of drug-likeness (QED) is 0.811. The monoisotopic (exact) mass is 315 g/mol. The Hall–Kier alpha value is -2.24. The number of esters is 1. The van der Waals surface area contributed by atoms with Gasteiger partial charge in [0.1, 0.15) is 18.5 Å². The summed E-state index contributed by atoms with van der Waals surface area (Å²) >= 11 is 0. The molecule has 0 amide bonds. The standard InChI is InChI=1S/C18H18FNO3/c1-20-17(13-5-3-2-4-6-13)11-16(23-20)12-22-18(21)14-7-9-15(19)10-8-14/h2-10,16-17H,11-12H2,1H3/t16-,17-/m0/s1. The number of halogens is 1. The zero-order valence-corrected chi connectivity index (χ0v) is 12.8. The molecule has 2 aromatic rings. The molecule has 1 aliphatic rings. The summed E-state index contributed by atoms with van der Waals surface area (Å²) in [4.78, 5) is 17.7. The van der Waals surface area contributed by atoms with Crippen LogP contribution in [0.25, 0.3) is 0 Å². The molecule has 1 aliphatic heterocycles. The van der Waals surface area contributed by atoms with Crippen LogP contribution >= 0.6 is 0 Å². The molecule has 0 bridgehead atoms. The van der Waals surface area contributed by atoms with E-state index < -0.39 is 5.97 Å². The third-order valence-electron chi connectivity index (χ3n) is 3.90. The highest BCUT2D eigenvalue weighted by Crippen LogP contribution is 2.32. The molecule has 0 spiro atoms. The normalized spacial score (nSPS) is 21.3. The smallest absolute Gasteiger partial charge is 0.338 e. The SMILES string of the molecule is CN1O[C@H](COC(=O)c2ccc(F)cc2)C[C@H]1c1ccccc1. The summed E-state index contributed by atoms with van der Waals surface area (Å²) in [6, 6.07) is 15.5. The van der Waals surface area contributed by atoms with Crippen LogP contribution in [0.5, 0.6) is 0 Å². The van der Waals surface area contributed by atoms with Crippen molar-refractivity contribution in [1.29, 1.82) is 0 Å². The van der Waals surface area contributed by atoms with Gasteiger partial charge in [-0.15, -0.1) is 0 Å². The van der Waals surface area contributed by atoms with Gasteiger partial charge in [-0.1, -0.05) is 30.3 Å². The van der Waals surface area contributed by atoms with Crippen LogP contribution < -0.4 is 0 Å². The van der Waals surface area contributed by atoms with E-state index in [1.165, 1.54) is 29.8 Å². The third kappa shape index (κ3) is 3.75. The minimum absolute atomic E-state index is 0.144. The molecule has 2 atom stereocenters. The highest BCUT2D eigenvalue weighted by atomic mass is 19.1. The first-order valence-corrected chi connectivity index (χ1v) is 7.51. The van der Waals surface area contributed by atoms with E-state index in [2.05, 4.69) is 12.1 Å². The lowest BCUT2D eigenvalue weighted by molar-refractivity contribution is -0.153. The Labute approximate surface area is 134 Å². The second-order valence-corrected chi connectivity index (χ2v) is 5.54. The molecule has 4 nitrogen and oxygen atoms in total. The second-order valence-electron chi connectivity index (χ2n) is 5.54. The fourth-order valence-electron chi connectivity index (χ4n) is 2.71. The molecule has 5 heteroatoms. The summed E-state index contributed by atoms with van der Waals surface area (Å²) in [6.45, 7) is 0.171. The van der Waals surface area contributed by atoms with Crippen LogP contribution in [0.1, 0.15) is 28.4 Å². The molecule has 0 saturated carbocycles. The molecule has 0 unspecified atom stereocenters. The van der Waals surface area contributed by atoms with E-state index in [1.807, 2.05) is 25.2 Å². The minimum Gasteiger partial charge on any atom is -0.459 e. The maximum absolute atomic E-state index is 12.9. The highest BCUT2D eigenvalue weighted by Gasteiger charge is 2.32. The average Bonchev–Trinajstić information content (AvgIpc) is 2.95. The Morgan fingerprint density at radius 3 is 2.61 bits per heavy atom. The van der Waals surface area contributed by atoms with E-state index >= 15 is 0 Å². The van der Waals surface area contributed by atoms with Crippen LogP contribution in [-0.2, 0) is 9.57 Å². The fraction of sp³-hybridized carbons (Fsp3) is 0.278. The summed E-state index contributed by atoms with van der Waals surface area (Å²) < 4.78 is 18.1. The van der Waals surface area contributed by atoms with E-state index in [9.17, 15) is 9.18 Å². The van der Waals surface area contributed by atoms with Gasteiger partial charge in [0, 0.05) is 13.5 Å². The molecule has 1 fully saturated rings. The van der Waals surface area contributed by atoms with Gasteiger partial charge in [-0.2, -0.15) is 5.06 Å². The Balaban J connectivity index is 1.55. The molecule has 23 heavy (non-hydrogen) atoms. The van der Waals surface area contributed by atoms with E-state index in [0.717, 1.165) is 6.42 Å². The summed E-state index contributed by atoms with van der Waals surface area (Å²) in [5.41, 5.74) is 1.50. The van der Waals surface area contributed by atoms with Crippen molar-refractivity contribution >= 4 is 5.97 Å². The number of carbonyl (C=O) groups is 1. The number of rotatable bonds is 4. The first-order chi connectivity index (χ1) is 11.1. The Bertz CT molecular complexity index is 660. The predicted octanol–water partition coefficient (Wildman–Crippen LogP) is 3.36. The number of hydrogen-bond donors (Lipinski definition) is 0. The van der Waals surface area contributed by atoms with Crippen LogP contribution in [0, 0.1) is 5.82 Å². The van der Waals surface area contributed by atoms with Crippen LogP contribution in [0.4, 0.5) is 4.39 Å². The van der Waals surface area contributed by atoms with Crippen LogP contribution in [0.2, 0.25) is 0 Å². The lowest BCUT2D eigenvalue weighted by Gasteiger charge is -2.17. The van der Waals surface area contributed by atoms with Crippen molar-refractivity contribution in [2.75, 3.05) is 13.7 Å². The van der Waals surface area contributed by atoms with E-state index in [-0.39, 0.29) is 24.6 Å². The Kier molecular flexibility index (Phi) is 4.69. The van der Waals surface area contributed by atoms with Gasteiger partial charge in [0.2, 0.25) is 0 Å². The van der Waals surface area contributed by atoms with E-state index in [0.29, 0.717) is 5.56 Å². The molecule has 0 aliphatic carbocycles. The van der Waals surface area contributed by atoms with Crippen molar-refractivity contribution in [2.45, 2.75) is 18.6 Å². The summed E-state index contributed by atoms with van der Waals surface area (Å²) in [7, 11) is 1.87. The first kappa shape index (κ1) is 15.6. The number of nitrogens with zero attached hydrogens (tertiary/aromatic N) is 1. The first-order valence-electron chi connectivity index (χ1n) is 7.51. The molecule has 0 aromatic heterocycles. The van der Waals surface area contributed by atoms with Gasteiger partial charge >= 0.3 is 5.97 Å². The van der Waals surface area contributed by atoms with Crippen molar-refractivity contribution in [3.63, 3.8) is 0 Å². The maximum Gasteiger partial charge on any atom is 0.338 e. The van der Waals surface area contributed by atoms with Crippen molar-refractivity contribution in [3.8, 4) is 0 Å². The van der Waals surface area contributed by atoms with Gasteiger partial charge in [0.25, 0.3) is 0 Å². The lowest BCUT2D eigenvalue weighted by Crippen LogP contribution is -2.20. The molecule has 120 valence electrons. The van der Waals surface area contributed by atoms with Gasteiger partial charge in [0.15, 0.2) is 0 Å². The molecular formula is C18H18FNO3. The number of carbonyl (C=O) groups excluding carboxylic acids is 1. The summed E-state index contributed by atoms with van der Waals surface area (Å²) in [6.07, 6.45) is 0.562. The number of benzene rings is 2. The summed E-state index contributed by atoms with van der Waals surface area (Å²) in [5.74, 6) is -0.854. The van der Waals surface area contributed by atoms with E-state index in [1.54, 1.807) is 5.06 Å². The molecule has 0 radical (unpaired) electrons. The Morgan fingerprint density at radius 1 is 1.22 bits per heavy atom. The van der Waals surface area contributed by atoms with Gasteiger partial charge in [-0.3, -0.25) is 4.84 Å². The lowest BCUT2D eigenvalue weighted by atomic mass is 10.0. The maximum atomic E-state index is 12.9. The van der Waals surface area contributed by atoms with Gasteiger partial charge in [-0.05, 0) is 29.8 Å². The molecule has 1 saturated heterocycles. The fourth-order valence-corrected chi connectivity index (χ4v) is 2.71. The van der Waals surface area contributed by atoms with E-state index in [4.69, 9.17) is 9.57 Å². The topological polar surface area (TPSA) is 38.8 Å². The predicted molar refractivity (Wildman–Crippen MR) is 83.1 cm³/mol. The van der Waals surface area contributed by atoms with Gasteiger partial charge in [-0.25, -0.2) is 9.18 Å². The van der Waals surface area contributed by atoms with Crippen LogP contribution in [0.15, 0.2) is 54.6 Å². The number of ether oxygens (including phenoxy) is 1. The van der Waals surface area contributed by atoms with Crippen molar-refractivity contribution in [3.05, 3.63) is 71.5 Å². The zero-order valence-electron chi connectivity index (χ0n) is 12.8.